The maximum Gasteiger partial charge on any atom is 0.184 e. The monoisotopic (exact) mass is 298 g/mol. The summed E-state index contributed by atoms with van der Waals surface area (Å²) in [7, 11) is -3.43. The van der Waals surface area contributed by atoms with Gasteiger partial charge in [0.25, 0.3) is 0 Å². The molecule has 0 N–H and O–H groups in total. The Balaban J connectivity index is 2.59. The zero-order valence-corrected chi connectivity index (χ0v) is 13.2. The molecule has 0 aliphatic heterocycles. The van der Waals surface area contributed by atoms with E-state index in [4.69, 9.17) is 0 Å². The fraction of sp³-hybridized carbons (Fsp3) is 0.222. The summed E-state index contributed by atoms with van der Waals surface area (Å²) in [5.41, 5.74) is 0. The molecule has 0 amide bonds. The van der Waals surface area contributed by atoms with Gasteiger partial charge in [-0.3, -0.25) is 0 Å². The van der Waals surface area contributed by atoms with Gasteiger partial charge in [-0.2, -0.15) is 0 Å². The molecule has 0 radical (unpaired) electrons. The smallest absolute Gasteiger partial charge is 0.184 e. The first kappa shape index (κ1) is 14.1. The molecule has 0 aliphatic rings. The van der Waals surface area contributed by atoms with Crippen LogP contribution in [-0.2, 0) is 9.84 Å². The Morgan fingerprint density at radius 3 is 1.62 bits per heavy atom. The van der Waals surface area contributed by atoms with Crippen molar-refractivity contribution in [1.29, 1.82) is 0 Å². The minimum absolute atomic E-state index is 0.448. The number of hydrogen-bond donors (Lipinski definition) is 0. The molecular formula is C18H18O2S. The second kappa shape index (κ2) is 4.57. The Morgan fingerprint density at radius 1 is 0.762 bits per heavy atom. The van der Waals surface area contributed by atoms with Gasteiger partial charge in [0.15, 0.2) is 9.84 Å². The minimum Gasteiger partial charge on any atom is -0.223 e. The van der Waals surface area contributed by atoms with Crippen LogP contribution in [0.4, 0.5) is 0 Å². The quantitative estimate of drug-likeness (QED) is 0.617. The Labute approximate surface area is 125 Å². The lowest BCUT2D eigenvalue weighted by Gasteiger charge is -2.22. The van der Waals surface area contributed by atoms with Gasteiger partial charge >= 0.3 is 0 Å². The van der Waals surface area contributed by atoms with E-state index in [9.17, 15) is 8.42 Å². The highest BCUT2D eigenvalue weighted by molar-refractivity contribution is 7.93. The van der Waals surface area contributed by atoms with Crippen LogP contribution in [0, 0.1) is 0 Å². The number of fused-ring (bicyclic) bond motifs is 2. The molecule has 0 spiro atoms. The average Bonchev–Trinajstić information content (AvgIpc) is 2.43. The van der Waals surface area contributed by atoms with Crippen LogP contribution >= 0.6 is 0 Å². The zero-order valence-electron chi connectivity index (χ0n) is 12.4. The van der Waals surface area contributed by atoms with E-state index in [1.54, 1.807) is 20.8 Å². The molecule has 0 saturated heterocycles. The van der Waals surface area contributed by atoms with Gasteiger partial charge in [-0.15, -0.1) is 0 Å². The first-order valence-corrected chi connectivity index (χ1v) is 8.46. The molecule has 0 heterocycles. The van der Waals surface area contributed by atoms with Crippen LogP contribution in [0.15, 0.2) is 59.5 Å². The Hall–Kier alpha value is -1.87. The van der Waals surface area contributed by atoms with Crippen LogP contribution < -0.4 is 0 Å². The molecule has 0 atom stereocenters. The fourth-order valence-corrected chi connectivity index (χ4v) is 4.13. The molecule has 3 heteroatoms. The second-order valence-corrected chi connectivity index (χ2v) is 8.90. The zero-order chi connectivity index (χ0) is 15.3. The third-order valence-corrected chi connectivity index (χ3v) is 6.39. The van der Waals surface area contributed by atoms with E-state index in [0.29, 0.717) is 4.90 Å². The van der Waals surface area contributed by atoms with Gasteiger partial charge in [-0.1, -0.05) is 48.5 Å². The largest absolute Gasteiger partial charge is 0.223 e. The number of rotatable bonds is 1. The summed E-state index contributed by atoms with van der Waals surface area (Å²) in [4.78, 5) is 0.448. The van der Waals surface area contributed by atoms with Crippen LogP contribution in [0.2, 0.25) is 0 Å². The van der Waals surface area contributed by atoms with Crippen LogP contribution in [0.1, 0.15) is 20.8 Å². The SMILES string of the molecule is CC(C)(C)S(=O)(=O)c1c2ccccc2cc2ccccc12. The van der Waals surface area contributed by atoms with Crippen molar-refractivity contribution in [3.05, 3.63) is 54.6 Å². The highest BCUT2D eigenvalue weighted by Gasteiger charge is 2.33. The van der Waals surface area contributed by atoms with Crippen molar-refractivity contribution in [2.24, 2.45) is 0 Å². The normalized spacial score (nSPS) is 12.9. The molecule has 0 aliphatic carbocycles. The van der Waals surface area contributed by atoms with Crippen LogP contribution in [-0.4, -0.2) is 13.2 Å². The van der Waals surface area contributed by atoms with Gasteiger partial charge in [0, 0.05) is 10.8 Å². The summed E-state index contributed by atoms with van der Waals surface area (Å²) in [6.45, 7) is 5.25. The van der Waals surface area contributed by atoms with Crippen molar-refractivity contribution < 1.29 is 8.42 Å². The van der Waals surface area contributed by atoms with Gasteiger partial charge in [0.05, 0.1) is 9.64 Å². The van der Waals surface area contributed by atoms with Crippen molar-refractivity contribution in [3.63, 3.8) is 0 Å². The summed E-state index contributed by atoms with van der Waals surface area (Å²) >= 11 is 0. The average molecular weight is 298 g/mol. The van der Waals surface area contributed by atoms with Crippen LogP contribution in [0.25, 0.3) is 21.5 Å². The third-order valence-electron chi connectivity index (χ3n) is 3.80. The van der Waals surface area contributed by atoms with E-state index < -0.39 is 14.6 Å². The van der Waals surface area contributed by atoms with Crippen molar-refractivity contribution >= 4 is 31.4 Å². The molecule has 2 nitrogen and oxygen atoms in total. The van der Waals surface area contributed by atoms with Crippen molar-refractivity contribution in [1.82, 2.24) is 0 Å². The van der Waals surface area contributed by atoms with Crippen molar-refractivity contribution in [2.75, 3.05) is 0 Å². The fourth-order valence-electron chi connectivity index (χ4n) is 2.57. The van der Waals surface area contributed by atoms with Crippen molar-refractivity contribution in [2.45, 2.75) is 30.4 Å². The summed E-state index contributed by atoms with van der Waals surface area (Å²) in [5, 5.41) is 3.51. The first-order chi connectivity index (χ1) is 9.82. The molecule has 3 aromatic carbocycles. The molecule has 108 valence electrons. The lowest BCUT2D eigenvalue weighted by Crippen LogP contribution is -2.28. The standard InChI is InChI=1S/C18H18O2S/c1-18(2,3)21(19,20)17-15-10-6-4-8-13(15)12-14-9-5-7-11-16(14)17/h4-12H,1-3H3. The van der Waals surface area contributed by atoms with E-state index in [0.717, 1.165) is 21.5 Å². The van der Waals surface area contributed by atoms with E-state index in [2.05, 4.69) is 0 Å². The maximum atomic E-state index is 13.1. The van der Waals surface area contributed by atoms with Crippen molar-refractivity contribution in [3.8, 4) is 0 Å². The summed E-state index contributed by atoms with van der Waals surface area (Å²) in [6, 6.07) is 17.4. The molecule has 0 saturated carbocycles. The van der Waals surface area contributed by atoms with E-state index in [-0.39, 0.29) is 0 Å². The van der Waals surface area contributed by atoms with Gasteiger partial charge in [-0.05, 0) is 37.6 Å². The Bertz CT molecular complexity index is 878. The first-order valence-electron chi connectivity index (χ1n) is 6.97. The molecule has 3 aromatic rings. The molecule has 0 fully saturated rings. The number of benzene rings is 3. The molecule has 0 bridgehead atoms. The Morgan fingerprint density at radius 2 is 1.19 bits per heavy atom. The predicted molar refractivity (Wildman–Crippen MR) is 88.4 cm³/mol. The minimum atomic E-state index is -3.43. The molecule has 0 aromatic heterocycles. The lowest BCUT2D eigenvalue weighted by molar-refractivity contribution is 0.562. The van der Waals surface area contributed by atoms with Gasteiger partial charge in [0.2, 0.25) is 0 Å². The molecule has 21 heavy (non-hydrogen) atoms. The molecule has 3 rings (SSSR count). The van der Waals surface area contributed by atoms with Gasteiger partial charge in [0.1, 0.15) is 0 Å². The summed E-state index contributed by atoms with van der Waals surface area (Å²) < 4.78 is 25.3. The van der Waals surface area contributed by atoms with E-state index in [1.807, 2.05) is 54.6 Å². The summed E-state index contributed by atoms with van der Waals surface area (Å²) in [5.74, 6) is 0. The predicted octanol–water partition coefficient (Wildman–Crippen LogP) is 4.57. The third kappa shape index (κ3) is 2.12. The van der Waals surface area contributed by atoms with E-state index in [1.165, 1.54) is 0 Å². The van der Waals surface area contributed by atoms with Gasteiger partial charge in [-0.25, -0.2) is 8.42 Å². The van der Waals surface area contributed by atoms with Gasteiger partial charge < -0.3 is 0 Å². The van der Waals surface area contributed by atoms with E-state index >= 15 is 0 Å². The topological polar surface area (TPSA) is 34.1 Å². The van der Waals surface area contributed by atoms with Crippen LogP contribution in [0.3, 0.4) is 0 Å². The number of hydrogen-bond acceptors (Lipinski definition) is 2. The Kier molecular flexibility index (Phi) is 3.06. The second-order valence-electron chi connectivity index (χ2n) is 6.26. The maximum absolute atomic E-state index is 13.1. The molecular weight excluding hydrogens is 280 g/mol. The van der Waals surface area contributed by atoms with Crippen LogP contribution in [0.5, 0.6) is 0 Å². The number of sulfone groups is 1. The molecule has 0 unspecified atom stereocenters. The highest BCUT2D eigenvalue weighted by Crippen LogP contribution is 2.36. The highest BCUT2D eigenvalue weighted by atomic mass is 32.2. The lowest BCUT2D eigenvalue weighted by atomic mass is 10.0. The summed E-state index contributed by atoms with van der Waals surface area (Å²) in [6.07, 6.45) is 0.